The quantitative estimate of drug-likeness (QED) is 0.432. The second kappa shape index (κ2) is 10.3. The second-order valence-electron chi connectivity index (χ2n) is 11.3. The lowest BCUT2D eigenvalue weighted by Gasteiger charge is -2.42. The number of aryl methyl sites for hydroxylation is 2. The summed E-state index contributed by atoms with van der Waals surface area (Å²) in [6, 6.07) is 13.1. The highest BCUT2D eigenvalue weighted by atomic mass is 32.2. The summed E-state index contributed by atoms with van der Waals surface area (Å²) in [6.45, 7) is 9.78. The predicted molar refractivity (Wildman–Crippen MR) is 152 cm³/mol. The minimum Gasteiger partial charge on any atom is -0.451 e. The zero-order valence-electron chi connectivity index (χ0n) is 23.6. The van der Waals surface area contributed by atoms with E-state index in [4.69, 9.17) is 9.47 Å². The molecule has 5 rings (SSSR count). The van der Waals surface area contributed by atoms with Crippen LogP contribution in [0.2, 0.25) is 0 Å². The van der Waals surface area contributed by atoms with Crippen LogP contribution >= 0.6 is 0 Å². The van der Waals surface area contributed by atoms with Crippen molar-refractivity contribution in [3.63, 3.8) is 0 Å². The van der Waals surface area contributed by atoms with Gasteiger partial charge in [-0.3, -0.25) is 4.79 Å². The van der Waals surface area contributed by atoms with Crippen molar-refractivity contribution in [2.75, 3.05) is 17.8 Å². The molecule has 2 aliphatic rings. The first-order chi connectivity index (χ1) is 19.2. The van der Waals surface area contributed by atoms with Gasteiger partial charge >= 0.3 is 6.09 Å². The molecule has 0 aliphatic carbocycles. The Morgan fingerprint density at radius 2 is 1.68 bits per heavy atom. The van der Waals surface area contributed by atoms with Crippen LogP contribution < -0.4 is 14.8 Å². The second-order valence-corrected chi connectivity index (χ2v) is 13.0. The third-order valence-corrected chi connectivity index (χ3v) is 8.26. The molecule has 41 heavy (non-hydrogen) atoms. The lowest BCUT2D eigenvalue weighted by atomic mass is 9.99. The summed E-state index contributed by atoms with van der Waals surface area (Å²) in [4.78, 5) is 36.6. The van der Waals surface area contributed by atoms with E-state index in [-0.39, 0.29) is 48.2 Å². The van der Waals surface area contributed by atoms with Crippen molar-refractivity contribution in [3.8, 4) is 17.1 Å². The molecule has 0 saturated carbocycles. The van der Waals surface area contributed by atoms with Gasteiger partial charge in [-0.1, -0.05) is 24.3 Å². The number of fused-ring (bicyclic) bond motifs is 4. The van der Waals surface area contributed by atoms with Gasteiger partial charge in [-0.15, -0.1) is 0 Å². The highest BCUT2D eigenvalue weighted by Gasteiger charge is 2.41. The van der Waals surface area contributed by atoms with Gasteiger partial charge in [0.1, 0.15) is 5.60 Å². The SMILES string of the molecule is Cc1cccc(C)c1-c1cc2nc(n1)NS(=O)(=O)c1cccc(c1)C(=O)NC1(CCN(C(=O)OC(C)(C)C)CC1)O2. The van der Waals surface area contributed by atoms with Gasteiger partial charge in [-0.2, -0.15) is 4.98 Å². The monoisotopic (exact) mass is 579 g/mol. The van der Waals surface area contributed by atoms with Crippen LogP contribution in [-0.4, -0.2) is 59.7 Å². The van der Waals surface area contributed by atoms with Crippen molar-refractivity contribution < 1.29 is 27.5 Å². The number of hydrogen-bond acceptors (Lipinski definition) is 8. The number of carbonyl (C=O) groups is 2. The van der Waals surface area contributed by atoms with Crippen molar-refractivity contribution in [2.45, 2.75) is 63.7 Å². The maximum Gasteiger partial charge on any atom is 0.410 e. The Balaban J connectivity index is 1.59. The first kappa shape index (κ1) is 28.3. The number of benzene rings is 2. The van der Waals surface area contributed by atoms with Crippen LogP contribution in [0.3, 0.4) is 0 Å². The minimum atomic E-state index is -4.12. The number of aromatic nitrogens is 2. The molecule has 2 aromatic carbocycles. The van der Waals surface area contributed by atoms with Crippen LogP contribution in [0.1, 0.15) is 55.1 Å². The fraction of sp³-hybridized carbons (Fsp3) is 0.379. The van der Waals surface area contributed by atoms with Crippen LogP contribution in [0.5, 0.6) is 5.88 Å². The highest BCUT2D eigenvalue weighted by Crippen LogP contribution is 2.33. The fourth-order valence-corrected chi connectivity index (χ4v) is 5.95. The molecule has 0 radical (unpaired) electrons. The normalized spacial score (nSPS) is 17.8. The average molecular weight is 580 g/mol. The predicted octanol–water partition coefficient (Wildman–Crippen LogP) is 4.41. The van der Waals surface area contributed by atoms with Crippen LogP contribution in [0.15, 0.2) is 53.4 Å². The summed E-state index contributed by atoms with van der Waals surface area (Å²) in [6.07, 6.45) is 0.0266. The van der Waals surface area contributed by atoms with Crippen LogP contribution in [0, 0.1) is 13.8 Å². The first-order valence-electron chi connectivity index (χ1n) is 13.3. The summed E-state index contributed by atoms with van der Waals surface area (Å²) < 4.78 is 40.9. The number of nitrogens with zero attached hydrogens (tertiary/aromatic N) is 3. The molecule has 216 valence electrons. The lowest BCUT2D eigenvalue weighted by molar-refractivity contribution is -0.0333. The number of anilines is 1. The minimum absolute atomic E-state index is 0.0746. The third kappa shape index (κ3) is 6.12. The van der Waals surface area contributed by atoms with Crippen molar-refractivity contribution in [3.05, 3.63) is 65.2 Å². The molecule has 4 bridgehead atoms. The van der Waals surface area contributed by atoms with Crippen molar-refractivity contribution in [2.24, 2.45) is 0 Å². The Labute approximate surface area is 239 Å². The van der Waals surface area contributed by atoms with Crippen LogP contribution in [0.25, 0.3) is 11.3 Å². The molecule has 1 aromatic heterocycles. The summed E-state index contributed by atoms with van der Waals surface area (Å²) >= 11 is 0. The van der Waals surface area contributed by atoms with Gasteiger partial charge in [-0.05, 0) is 63.9 Å². The Bertz CT molecular complexity index is 1600. The van der Waals surface area contributed by atoms with E-state index in [9.17, 15) is 18.0 Å². The van der Waals surface area contributed by atoms with Crippen LogP contribution in [-0.2, 0) is 14.8 Å². The van der Waals surface area contributed by atoms with Gasteiger partial charge in [0.2, 0.25) is 11.8 Å². The Kier molecular flexibility index (Phi) is 7.14. The smallest absolute Gasteiger partial charge is 0.410 e. The highest BCUT2D eigenvalue weighted by molar-refractivity contribution is 7.92. The number of ether oxygens (including phenoxy) is 2. The molecule has 1 spiro atoms. The summed E-state index contributed by atoms with van der Waals surface area (Å²) in [5, 5.41) is 2.97. The van der Waals surface area contributed by atoms with E-state index >= 15 is 0 Å². The Hall–Kier alpha value is -4.19. The van der Waals surface area contributed by atoms with E-state index in [1.807, 2.05) is 32.0 Å². The lowest BCUT2D eigenvalue weighted by Crippen LogP contribution is -2.60. The summed E-state index contributed by atoms with van der Waals surface area (Å²) in [5.74, 6) is -0.609. The molecule has 12 heteroatoms. The molecule has 3 aromatic rings. The van der Waals surface area contributed by atoms with E-state index in [2.05, 4.69) is 20.0 Å². The number of rotatable bonds is 1. The number of amides is 2. The van der Waals surface area contributed by atoms with E-state index in [0.717, 1.165) is 16.7 Å². The topological polar surface area (TPSA) is 140 Å². The molecular weight excluding hydrogens is 546 g/mol. The standard InChI is InChI=1S/C29H33N5O6S/c1-18-8-6-9-19(2)24(18)22-17-23-31-26(30-22)33-41(37,38)21-11-7-10-20(16-21)25(35)32-29(39-23)12-14-34(15-13-29)27(36)40-28(3,4)5/h6-11,16-17H,12-15H2,1-5H3,(H,32,35)(H,30,31,33). The third-order valence-electron chi connectivity index (χ3n) is 6.94. The molecule has 0 unspecified atom stereocenters. The van der Waals surface area contributed by atoms with E-state index < -0.39 is 33.3 Å². The number of nitrogens with one attached hydrogen (secondary N) is 2. The number of hydrogen-bond donors (Lipinski definition) is 2. The first-order valence-corrected chi connectivity index (χ1v) is 14.8. The zero-order valence-corrected chi connectivity index (χ0v) is 24.5. The maximum atomic E-state index is 13.4. The van der Waals surface area contributed by atoms with Gasteiger partial charge in [-0.25, -0.2) is 22.9 Å². The molecule has 11 nitrogen and oxygen atoms in total. The van der Waals surface area contributed by atoms with Crippen LogP contribution in [0.4, 0.5) is 10.7 Å². The zero-order chi connectivity index (χ0) is 29.6. The Morgan fingerprint density at radius 3 is 2.34 bits per heavy atom. The number of piperidine rings is 1. The Morgan fingerprint density at radius 1 is 1.02 bits per heavy atom. The number of likely N-dealkylation sites (tertiary alicyclic amines) is 1. The van der Waals surface area contributed by atoms with Crippen molar-refractivity contribution in [1.82, 2.24) is 20.2 Å². The van der Waals surface area contributed by atoms with Crippen molar-refractivity contribution >= 4 is 28.0 Å². The molecule has 2 aliphatic heterocycles. The average Bonchev–Trinajstić information content (AvgIpc) is 2.87. The molecule has 1 saturated heterocycles. The van der Waals surface area contributed by atoms with E-state index in [1.54, 1.807) is 31.7 Å². The summed E-state index contributed by atoms with van der Waals surface area (Å²) in [5.41, 5.74) is 1.40. The maximum absolute atomic E-state index is 13.4. The molecular formula is C29H33N5O6S. The summed E-state index contributed by atoms with van der Waals surface area (Å²) in [7, 11) is -4.12. The van der Waals surface area contributed by atoms with Gasteiger partial charge in [0.25, 0.3) is 15.9 Å². The molecule has 2 amide bonds. The van der Waals surface area contributed by atoms with E-state index in [0.29, 0.717) is 5.69 Å². The van der Waals surface area contributed by atoms with E-state index in [1.165, 1.54) is 24.3 Å². The van der Waals surface area contributed by atoms with Crippen molar-refractivity contribution in [1.29, 1.82) is 0 Å². The van der Waals surface area contributed by atoms with Gasteiger partial charge in [0.05, 0.1) is 10.6 Å². The number of carbonyl (C=O) groups excluding carboxylic acids is 2. The fourth-order valence-electron chi connectivity index (χ4n) is 4.96. The molecule has 0 atom stereocenters. The molecule has 1 fully saturated rings. The van der Waals surface area contributed by atoms with Gasteiger partial charge in [0, 0.05) is 43.1 Å². The number of sulfonamides is 1. The molecule has 3 heterocycles. The van der Waals surface area contributed by atoms with Gasteiger partial charge < -0.3 is 19.7 Å². The molecule has 2 N–H and O–H groups in total. The van der Waals surface area contributed by atoms with Gasteiger partial charge in [0.15, 0.2) is 5.72 Å². The largest absolute Gasteiger partial charge is 0.451 e.